The standard InChI is InChI=1S/C12H11FO2/c1-2-15-7-9-5-8-6-10(13)3-4-11(8)12(9)14/h3-4,6-7H,2,5H2,1H3/b9-7-. The molecule has 1 aliphatic rings. The number of ketones is 1. The van der Waals surface area contributed by atoms with Crippen LogP contribution in [0, 0.1) is 5.82 Å². The van der Waals surface area contributed by atoms with Gasteiger partial charge in [0.1, 0.15) is 5.82 Å². The molecular weight excluding hydrogens is 195 g/mol. The van der Waals surface area contributed by atoms with Gasteiger partial charge in [-0.3, -0.25) is 4.79 Å². The normalized spacial score (nSPS) is 16.9. The average Bonchev–Trinajstić information content (AvgIpc) is 2.52. The lowest BCUT2D eigenvalue weighted by molar-refractivity contribution is 0.103. The number of allylic oxidation sites excluding steroid dienone is 1. The Bertz CT molecular complexity index is 435. The maximum atomic E-state index is 12.9. The number of hydrogen-bond acceptors (Lipinski definition) is 2. The molecule has 0 aliphatic heterocycles. The molecule has 0 bridgehead atoms. The molecule has 1 aromatic carbocycles. The van der Waals surface area contributed by atoms with Crippen molar-refractivity contribution in [3.8, 4) is 0 Å². The van der Waals surface area contributed by atoms with E-state index in [2.05, 4.69) is 0 Å². The number of rotatable bonds is 2. The summed E-state index contributed by atoms with van der Waals surface area (Å²) in [4.78, 5) is 11.7. The van der Waals surface area contributed by atoms with E-state index >= 15 is 0 Å². The Kier molecular flexibility index (Phi) is 2.54. The predicted molar refractivity (Wildman–Crippen MR) is 54.1 cm³/mol. The van der Waals surface area contributed by atoms with E-state index in [0.29, 0.717) is 24.2 Å². The van der Waals surface area contributed by atoms with Gasteiger partial charge >= 0.3 is 0 Å². The number of carbonyl (C=O) groups is 1. The van der Waals surface area contributed by atoms with Crippen LogP contribution in [0.3, 0.4) is 0 Å². The van der Waals surface area contributed by atoms with Crippen molar-refractivity contribution in [2.75, 3.05) is 6.61 Å². The molecule has 3 heteroatoms. The second-order valence-corrected chi connectivity index (χ2v) is 3.41. The van der Waals surface area contributed by atoms with Gasteiger partial charge in [-0.15, -0.1) is 0 Å². The lowest BCUT2D eigenvalue weighted by atomic mass is 10.1. The lowest BCUT2D eigenvalue weighted by Crippen LogP contribution is -1.96. The van der Waals surface area contributed by atoms with E-state index in [1.165, 1.54) is 24.5 Å². The molecule has 0 saturated carbocycles. The van der Waals surface area contributed by atoms with Crippen LogP contribution in [-0.4, -0.2) is 12.4 Å². The highest BCUT2D eigenvalue weighted by Crippen LogP contribution is 2.26. The molecule has 2 rings (SSSR count). The molecule has 0 unspecified atom stereocenters. The summed E-state index contributed by atoms with van der Waals surface area (Å²) in [5.74, 6) is -0.363. The highest BCUT2D eigenvalue weighted by Gasteiger charge is 2.25. The summed E-state index contributed by atoms with van der Waals surface area (Å²) in [5.41, 5.74) is 1.92. The molecule has 1 aliphatic carbocycles. The molecule has 78 valence electrons. The van der Waals surface area contributed by atoms with Gasteiger partial charge in [-0.1, -0.05) is 0 Å². The van der Waals surface area contributed by atoms with E-state index in [-0.39, 0.29) is 11.6 Å². The van der Waals surface area contributed by atoms with Crippen molar-refractivity contribution in [3.63, 3.8) is 0 Å². The summed E-state index contributed by atoms with van der Waals surface area (Å²) in [5, 5.41) is 0. The average molecular weight is 206 g/mol. The number of benzene rings is 1. The van der Waals surface area contributed by atoms with Gasteiger partial charge in [0.15, 0.2) is 5.78 Å². The molecule has 0 aromatic heterocycles. The Balaban J connectivity index is 2.33. The number of carbonyl (C=O) groups excluding carboxylic acids is 1. The minimum Gasteiger partial charge on any atom is -0.501 e. The van der Waals surface area contributed by atoms with E-state index in [4.69, 9.17) is 4.74 Å². The van der Waals surface area contributed by atoms with Crippen LogP contribution in [0.5, 0.6) is 0 Å². The number of halogens is 1. The number of ether oxygens (including phenoxy) is 1. The smallest absolute Gasteiger partial charge is 0.192 e. The minimum atomic E-state index is -0.306. The molecule has 2 nitrogen and oxygen atoms in total. The van der Waals surface area contributed by atoms with Crippen molar-refractivity contribution in [2.24, 2.45) is 0 Å². The quantitative estimate of drug-likeness (QED) is 0.549. The van der Waals surface area contributed by atoms with Crippen molar-refractivity contribution in [3.05, 3.63) is 47.0 Å². The largest absolute Gasteiger partial charge is 0.501 e. The van der Waals surface area contributed by atoms with Crippen LogP contribution in [-0.2, 0) is 11.2 Å². The van der Waals surface area contributed by atoms with E-state index in [0.717, 1.165) is 5.56 Å². The number of fused-ring (bicyclic) bond motifs is 1. The Labute approximate surface area is 87.4 Å². The Hall–Kier alpha value is -1.64. The van der Waals surface area contributed by atoms with Crippen LogP contribution in [0.25, 0.3) is 0 Å². The van der Waals surface area contributed by atoms with Gasteiger partial charge in [0.05, 0.1) is 12.9 Å². The molecule has 1 aromatic rings. The van der Waals surface area contributed by atoms with Crippen molar-refractivity contribution in [2.45, 2.75) is 13.3 Å². The van der Waals surface area contributed by atoms with Gasteiger partial charge in [0, 0.05) is 17.6 Å². The van der Waals surface area contributed by atoms with Gasteiger partial charge in [-0.05, 0) is 30.7 Å². The Morgan fingerprint density at radius 2 is 2.33 bits per heavy atom. The van der Waals surface area contributed by atoms with Gasteiger partial charge in [-0.2, -0.15) is 0 Å². The zero-order chi connectivity index (χ0) is 10.8. The van der Waals surface area contributed by atoms with Crippen LogP contribution in [0.1, 0.15) is 22.8 Å². The lowest BCUT2D eigenvalue weighted by Gasteiger charge is -1.95. The van der Waals surface area contributed by atoms with Crippen LogP contribution in [0.4, 0.5) is 4.39 Å². The molecule has 0 heterocycles. The van der Waals surface area contributed by atoms with E-state index in [9.17, 15) is 9.18 Å². The van der Waals surface area contributed by atoms with Crippen molar-refractivity contribution < 1.29 is 13.9 Å². The first-order chi connectivity index (χ1) is 7.22. The zero-order valence-corrected chi connectivity index (χ0v) is 8.42. The van der Waals surface area contributed by atoms with Gasteiger partial charge in [0.25, 0.3) is 0 Å². The van der Waals surface area contributed by atoms with Gasteiger partial charge < -0.3 is 4.74 Å². The molecule has 15 heavy (non-hydrogen) atoms. The highest BCUT2D eigenvalue weighted by atomic mass is 19.1. The maximum Gasteiger partial charge on any atom is 0.192 e. The van der Waals surface area contributed by atoms with Crippen molar-refractivity contribution >= 4 is 5.78 Å². The second-order valence-electron chi connectivity index (χ2n) is 3.41. The summed E-state index contributed by atoms with van der Waals surface area (Å²) in [7, 11) is 0. The van der Waals surface area contributed by atoms with Crippen LogP contribution >= 0.6 is 0 Å². The minimum absolute atomic E-state index is 0.0570. The third-order valence-corrected chi connectivity index (χ3v) is 2.38. The molecule has 0 N–H and O–H groups in total. The van der Waals surface area contributed by atoms with Crippen LogP contribution in [0.15, 0.2) is 30.0 Å². The zero-order valence-electron chi connectivity index (χ0n) is 8.42. The van der Waals surface area contributed by atoms with Gasteiger partial charge in [-0.25, -0.2) is 4.39 Å². The fourth-order valence-electron chi connectivity index (χ4n) is 1.67. The third-order valence-electron chi connectivity index (χ3n) is 2.38. The summed E-state index contributed by atoms with van der Waals surface area (Å²) >= 11 is 0. The number of hydrogen-bond donors (Lipinski definition) is 0. The third kappa shape index (κ3) is 1.77. The van der Waals surface area contributed by atoms with E-state index < -0.39 is 0 Å². The molecule has 0 spiro atoms. The van der Waals surface area contributed by atoms with E-state index in [1.807, 2.05) is 6.92 Å². The fourth-order valence-corrected chi connectivity index (χ4v) is 1.67. The molecule has 0 radical (unpaired) electrons. The topological polar surface area (TPSA) is 26.3 Å². The summed E-state index contributed by atoms with van der Waals surface area (Å²) in [6, 6.07) is 4.24. The second kappa shape index (κ2) is 3.85. The fraction of sp³-hybridized carbons (Fsp3) is 0.250. The van der Waals surface area contributed by atoms with Crippen molar-refractivity contribution in [1.29, 1.82) is 0 Å². The van der Waals surface area contributed by atoms with Crippen LogP contribution in [0.2, 0.25) is 0 Å². The monoisotopic (exact) mass is 206 g/mol. The molecule has 0 fully saturated rings. The van der Waals surface area contributed by atoms with Crippen LogP contribution < -0.4 is 0 Å². The first kappa shape index (κ1) is 9.90. The molecule has 0 saturated heterocycles. The summed E-state index contributed by atoms with van der Waals surface area (Å²) in [6.45, 7) is 2.38. The Morgan fingerprint density at radius 1 is 1.53 bits per heavy atom. The van der Waals surface area contributed by atoms with E-state index in [1.54, 1.807) is 0 Å². The SMILES string of the molecule is CCO/C=C1/Cc2cc(F)ccc2C1=O. The maximum absolute atomic E-state index is 12.9. The van der Waals surface area contributed by atoms with Crippen molar-refractivity contribution in [1.82, 2.24) is 0 Å². The first-order valence-corrected chi connectivity index (χ1v) is 4.86. The van der Waals surface area contributed by atoms with Gasteiger partial charge in [0.2, 0.25) is 0 Å². The Morgan fingerprint density at radius 3 is 3.07 bits per heavy atom. The highest BCUT2D eigenvalue weighted by molar-refractivity contribution is 6.12. The number of Topliss-reactive ketones (excluding diaryl/α,β-unsaturated/α-hetero) is 1. The first-order valence-electron chi connectivity index (χ1n) is 4.86. The summed E-state index contributed by atoms with van der Waals surface area (Å²) < 4.78 is 18.0. The molecular formula is C12H11FO2. The summed E-state index contributed by atoms with van der Waals surface area (Å²) in [6.07, 6.45) is 1.94. The predicted octanol–water partition coefficient (Wildman–Crippen LogP) is 2.48. The molecule has 0 atom stereocenters. The molecule has 0 amide bonds.